The van der Waals surface area contributed by atoms with E-state index in [-0.39, 0.29) is 17.5 Å². The zero-order valence-electron chi connectivity index (χ0n) is 22.7. The number of carbonyl (C=O) groups excluding carboxylic acids is 2. The molecule has 0 unspecified atom stereocenters. The number of halogens is 1. The second-order valence-electron chi connectivity index (χ2n) is 10.5. The molecule has 2 fully saturated rings. The molecule has 2 saturated heterocycles. The summed E-state index contributed by atoms with van der Waals surface area (Å²) in [5.74, 6) is -0.464. The second-order valence-corrected chi connectivity index (χ2v) is 10.5. The lowest BCUT2D eigenvalue weighted by atomic mass is 9.83. The zero-order valence-corrected chi connectivity index (χ0v) is 22.7. The minimum absolute atomic E-state index is 0.0480. The molecule has 0 atom stereocenters. The molecule has 202 valence electrons. The number of amides is 1. The summed E-state index contributed by atoms with van der Waals surface area (Å²) in [6.07, 6.45) is 8.74. The Kier molecular flexibility index (Phi) is 11.3. The average Bonchev–Trinajstić information content (AvgIpc) is 2.92. The summed E-state index contributed by atoms with van der Waals surface area (Å²) in [7, 11) is 0. The molecule has 1 amide bonds. The van der Waals surface area contributed by atoms with Crippen LogP contribution in [0.15, 0.2) is 48.5 Å². The van der Waals surface area contributed by atoms with Crippen molar-refractivity contribution in [2.45, 2.75) is 77.2 Å². The molecule has 4 rings (SSSR count). The molecular weight excluding hydrogens is 465 g/mol. The number of hydrogen-bond donors (Lipinski definition) is 1. The van der Waals surface area contributed by atoms with Gasteiger partial charge in [-0.25, -0.2) is 4.39 Å². The van der Waals surface area contributed by atoms with Gasteiger partial charge in [-0.2, -0.15) is 0 Å². The third-order valence-electron chi connectivity index (χ3n) is 7.93. The molecule has 2 aliphatic heterocycles. The molecular formula is C31H44FN3O2. The molecule has 6 heteroatoms. The first kappa shape index (κ1) is 29.0. The zero-order chi connectivity index (χ0) is 26.7. The van der Waals surface area contributed by atoms with Crippen LogP contribution in [0.2, 0.25) is 0 Å². The predicted molar refractivity (Wildman–Crippen MR) is 148 cm³/mol. The number of benzene rings is 2. The molecule has 0 saturated carbocycles. The van der Waals surface area contributed by atoms with Crippen LogP contribution in [0.1, 0.15) is 79.8 Å². The molecule has 0 spiro atoms. The van der Waals surface area contributed by atoms with E-state index in [4.69, 9.17) is 5.73 Å². The highest BCUT2D eigenvalue weighted by molar-refractivity contribution is 5.95. The van der Waals surface area contributed by atoms with E-state index in [9.17, 15) is 14.0 Å². The van der Waals surface area contributed by atoms with Gasteiger partial charge in [0.15, 0.2) is 5.78 Å². The number of aryl methyl sites for hydroxylation is 2. The first-order chi connectivity index (χ1) is 17.9. The molecule has 2 aromatic rings. The molecule has 37 heavy (non-hydrogen) atoms. The molecule has 0 radical (unpaired) electrons. The maximum absolute atomic E-state index is 12.9. The first-order valence-corrected chi connectivity index (χ1v) is 14.0. The highest BCUT2D eigenvalue weighted by atomic mass is 19.1. The number of nitrogens with zero attached hydrogens (tertiary/aromatic N) is 2. The van der Waals surface area contributed by atoms with Gasteiger partial charge in [0, 0.05) is 25.1 Å². The van der Waals surface area contributed by atoms with Crippen molar-refractivity contribution in [2.24, 2.45) is 5.73 Å². The van der Waals surface area contributed by atoms with E-state index in [1.807, 2.05) is 0 Å². The number of primary amides is 1. The highest BCUT2D eigenvalue weighted by Gasteiger charge is 2.44. The van der Waals surface area contributed by atoms with Crippen LogP contribution in [0.4, 0.5) is 4.39 Å². The van der Waals surface area contributed by atoms with Crippen molar-refractivity contribution in [3.8, 4) is 0 Å². The number of ketones is 1. The normalized spacial score (nSPS) is 18.0. The van der Waals surface area contributed by atoms with Crippen molar-refractivity contribution >= 4 is 11.7 Å². The summed E-state index contributed by atoms with van der Waals surface area (Å²) in [6, 6.07) is 14.3. The van der Waals surface area contributed by atoms with E-state index in [0.717, 1.165) is 64.8 Å². The summed E-state index contributed by atoms with van der Waals surface area (Å²) in [5, 5.41) is 0. The molecule has 5 nitrogen and oxygen atoms in total. The Morgan fingerprint density at radius 1 is 0.946 bits per heavy atom. The van der Waals surface area contributed by atoms with E-state index >= 15 is 0 Å². The van der Waals surface area contributed by atoms with Gasteiger partial charge in [0.25, 0.3) is 0 Å². The number of nitrogens with two attached hydrogens (primary N) is 1. The van der Waals surface area contributed by atoms with Gasteiger partial charge in [-0.1, -0.05) is 44.0 Å². The number of hydrogen-bond acceptors (Lipinski definition) is 4. The van der Waals surface area contributed by atoms with Crippen LogP contribution in [0.3, 0.4) is 0 Å². The fourth-order valence-electron chi connectivity index (χ4n) is 5.59. The van der Waals surface area contributed by atoms with E-state index in [0.29, 0.717) is 12.0 Å². The van der Waals surface area contributed by atoms with Gasteiger partial charge in [0.1, 0.15) is 11.4 Å². The third kappa shape index (κ3) is 8.21. The minimum Gasteiger partial charge on any atom is -0.368 e. The van der Waals surface area contributed by atoms with E-state index in [2.05, 4.69) is 47.9 Å². The van der Waals surface area contributed by atoms with Crippen LogP contribution in [0.25, 0.3) is 0 Å². The molecule has 0 aliphatic carbocycles. The monoisotopic (exact) mass is 509 g/mol. The Hall–Kier alpha value is -2.57. The Balaban J connectivity index is 0.000000319. The molecule has 2 aromatic carbocycles. The van der Waals surface area contributed by atoms with Crippen LogP contribution in [0, 0.1) is 12.7 Å². The van der Waals surface area contributed by atoms with Crippen molar-refractivity contribution in [1.29, 1.82) is 0 Å². The third-order valence-corrected chi connectivity index (χ3v) is 7.93. The molecule has 2 heterocycles. The van der Waals surface area contributed by atoms with Gasteiger partial charge < -0.3 is 10.6 Å². The summed E-state index contributed by atoms with van der Waals surface area (Å²) in [4.78, 5) is 29.1. The Bertz CT molecular complexity index is 994. The van der Waals surface area contributed by atoms with Gasteiger partial charge in [0.2, 0.25) is 5.91 Å². The van der Waals surface area contributed by atoms with Crippen LogP contribution < -0.4 is 5.73 Å². The predicted octanol–water partition coefficient (Wildman–Crippen LogP) is 5.54. The lowest BCUT2D eigenvalue weighted by Crippen LogP contribution is -2.63. The van der Waals surface area contributed by atoms with Gasteiger partial charge in [-0.05, 0) is 100 Å². The Morgan fingerprint density at radius 3 is 2.19 bits per heavy atom. The summed E-state index contributed by atoms with van der Waals surface area (Å²) < 4.78 is 12.9. The molecule has 2 N–H and O–H groups in total. The quantitative estimate of drug-likeness (QED) is 0.451. The number of carbonyl (C=O) groups is 2. The molecule has 0 aromatic heterocycles. The Labute approximate surface area is 222 Å². The maximum atomic E-state index is 12.9. The number of Topliss-reactive ketones (excluding diaryl/α,β-unsaturated/α-hetero) is 1. The first-order valence-electron chi connectivity index (χ1n) is 14.0. The maximum Gasteiger partial charge on any atom is 0.238 e. The fraction of sp³-hybridized carbons (Fsp3) is 0.548. The topological polar surface area (TPSA) is 66.6 Å². The highest BCUT2D eigenvalue weighted by Crippen LogP contribution is 2.31. The second kappa shape index (κ2) is 14.4. The van der Waals surface area contributed by atoms with Crippen molar-refractivity contribution in [3.63, 3.8) is 0 Å². The molecule has 0 bridgehead atoms. The Morgan fingerprint density at radius 2 is 1.59 bits per heavy atom. The van der Waals surface area contributed by atoms with Crippen molar-refractivity contribution in [2.75, 3.05) is 32.7 Å². The standard InChI is InChI=1S/C21H30FN3O2.C10H14/c22-18-8-6-17(7-9-18)19(26)5-4-12-24-15-10-21(11-16-24,20(23)27)25-13-2-1-3-14-25;1-3-6-10-8-5-4-7-9(10)2/h6-9H,1-5,10-16H2,(H2,23,27);4-5,7-8H,3,6H2,1-2H3. The smallest absolute Gasteiger partial charge is 0.238 e. The van der Waals surface area contributed by atoms with Gasteiger partial charge >= 0.3 is 0 Å². The van der Waals surface area contributed by atoms with Gasteiger partial charge in [-0.3, -0.25) is 14.5 Å². The summed E-state index contributed by atoms with van der Waals surface area (Å²) in [5.41, 5.74) is 8.81. The van der Waals surface area contributed by atoms with Crippen molar-refractivity contribution in [1.82, 2.24) is 9.80 Å². The molecule has 2 aliphatic rings. The van der Waals surface area contributed by atoms with Crippen molar-refractivity contribution < 1.29 is 14.0 Å². The largest absolute Gasteiger partial charge is 0.368 e. The SMILES string of the molecule is CCCc1ccccc1C.NC(=O)C1(N2CCCCC2)CCN(CCCC(=O)c2ccc(F)cc2)CC1. The van der Waals surface area contributed by atoms with Crippen molar-refractivity contribution in [3.05, 3.63) is 71.0 Å². The number of rotatable bonds is 9. The minimum atomic E-state index is -0.485. The van der Waals surface area contributed by atoms with Gasteiger partial charge in [0.05, 0.1) is 0 Å². The van der Waals surface area contributed by atoms with Gasteiger partial charge in [-0.15, -0.1) is 0 Å². The van der Waals surface area contributed by atoms with E-state index in [1.165, 1.54) is 42.5 Å². The average molecular weight is 510 g/mol. The van der Waals surface area contributed by atoms with Crippen LogP contribution >= 0.6 is 0 Å². The fourth-order valence-corrected chi connectivity index (χ4v) is 5.59. The summed E-state index contributed by atoms with van der Waals surface area (Å²) in [6.45, 7) is 8.83. The lowest BCUT2D eigenvalue weighted by Gasteiger charge is -2.48. The van der Waals surface area contributed by atoms with E-state index < -0.39 is 5.54 Å². The number of piperidine rings is 2. The van der Waals surface area contributed by atoms with Crippen LogP contribution in [-0.2, 0) is 11.2 Å². The number of likely N-dealkylation sites (tertiary alicyclic amines) is 2. The van der Waals surface area contributed by atoms with Crippen LogP contribution in [0.5, 0.6) is 0 Å². The van der Waals surface area contributed by atoms with Crippen LogP contribution in [-0.4, -0.2) is 59.8 Å². The van der Waals surface area contributed by atoms with E-state index in [1.54, 1.807) is 12.1 Å². The summed E-state index contributed by atoms with van der Waals surface area (Å²) >= 11 is 0. The lowest BCUT2D eigenvalue weighted by molar-refractivity contribution is -0.134.